The van der Waals surface area contributed by atoms with Crippen LogP contribution in [0.2, 0.25) is 0 Å². The summed E-state index contributed by atoms with van der Waals surface area (Å²) in [5.74, 6) is 1.93. The van der Waals surface area contributed by atoms with Gasteiger partial charge in [-0.1, -0.05) is 39.3 Å². The van der Waals surface area contributed by atoms with E-state index in [0.29, 0.717) is 65.4 Å². The van der Waals surface area contributed by atoms with Gasteiger partial charge < -0.3 is 4.90 Å². The van der Waals surface area contributed by atoms with Gasteiger partial charge in [0.25, 0.3) is 0 Å². The number of hydrogen-bond acceptors (Lipinski definition) is 4. The van der Waals surface area contributed by atoms with E-state index in [1.807, 2.05) is 26.8 Å². The van der Waals surface area contributed by atoms with Crippen LogP contribution in [-0.4, -0.2) is 28.0 Å². The Morgan fingerprint density at radius 3 is 2.43 bits per heavy atom. The zero-order valence-electron chi connectivity index (χ0n) is 21.4. The van der Waals surface area contributed by atoms with Gasteiger partial charge in [0, 0.05) is 37.7 Å². The summed E-state index contributed by atoms with van der Waals surface area (Å²) >= 11 is 0. The van der Waals surface area contributed by atoms with Crippen molar-refractivity contribution in [3.8, 4) is 11.3 Å². The molecule has 1 aliphatic heterocycles. The summed E-state index contributed by atoms with van der Waals surface area (Å²) in [6, 6.07) is 4.02. The van der Waals surface area contributed by atoms with E-state index < -0.39 is 5.82 Å². The van der Waals surface area contributed by atoms with E-state index in [1.165, 1.54) is 6.42 Å². The molecule has 3 aromatic rings. The van der Waals surface area contributed by atoms with Crippen LogP contribution in [0.4, 0.5) is 14.6 Å². The van der Waals surface area contributed by atoms with Crippen LogP contribution in [0.25, 0.3) is 27.7 Å². The number of benzene rings is 1. The maximum absolute atomic E-state index is 16.3. The molecule has 2 aromatic heterocycles. The van der Waals surface area contributed by atoms with Gasteiger partial charge in [-0.05, 0) is 60.8 Å². The lowest BCUT2D eigenvalue weighted by Crippen LogP contribution is -2.39. The molecule has 5 rings (SSSR count). The molecule has 0 amide bonds. The predicted molar refractivity (Wildman–Crippen MR) is 139 cm³/mol. The first-order valence-corrected chi connectivity index (χ1v) is 12.9. The summed E-state index contributed by atoms with van der Waals surface area (Å²) in [6.07, 6.45) is 5.09. The fraction of sp³-hybridized carbons (Fsp3) is 0.483. The molecule has 35 heavy (non-hydrogen) atoms. The second-order valence-corrected chi connectivity index (χ2v) is 10.4. The van der Waals surface area contributed by atoms with Gasteiger partial charge in [-0.15, -0.1) is 0 Å². The van der Waals surface area contributed by atoms with E-state index in [1.54, 1.807) is 6.20 Å². The quantitative estimate of drug-likeness (QED) is 0.399. The van der Waals surface area contributed by atoms with Crippen molar-refractivity contribution >= 4 is 22.3 Å². The number of nitrogens with zero attached hydrogens (tertiary/aromatic N) is 4. The molecular formula is C29H34F2N4. The number of hydrogen-bond donors (Lipinski definition) is 0. The molecule has 2 aliphatic rings. The summed E-state index contributed by atoms with van der Waals surface area (Å²) in [4.78, 5) is 16.4. The van der Waals surface area contributed by atoms with Gasteiger partial charge in [0.1, 0.15) is 28.7 Å². The Balaban J connectivity index is 1.73. The number of allylic oxidation sites excluding steroid dienone is 2. The Morgan fingerprint density at radius 1 is 1.00 bits per heavy atom. The maximum Gasteiger partial charge on any atom is 0.175 e. The summed E-state index contributed by atoms with van der Waals surface area (Å²) in [7, 11) is 0. The Morgan fingerprint density at radius 2 is 1.74 bits per heavy atom. The molecule has 2 unspecified atom stereocenters. The molecule has 0 N–H and O–H groups in total. The van der Waals surface area contributed by atoms with Crippen molar-refractivity contribution in [3.05, 3.63) is 52.5 Å². The highest BCUT2D eigenvalue weighted by Crippen LogP contribution is 2.42. The zero-order valence-corrected chi connectivity index (χ0v) is 21.4. The lowest BCUT2D eigenvalue weighted by atomic mass is 9.83. The first-order chi connectivity index (χ1) is 16.8. The molecule has 3 heterocycles. The van der Waals surface area contributed by atoms with Gasteiger partial charge in [0.2, 0.25) is 0 Å². The number of fused-ring (bicyclic) bond motifs is 2. The van der Waals surface area contributed by atoms with Crippen LogP contribution in [0.5, 0.6) is 0 Å². The third-order valence-electron chi connectivity index (χ3n) is 7.41. The first-order valence-electron chi connectivity index (χ1n) is 12.9. The fourth-order valence-corrected chi connectivity index (χ4v) is 6.01. The molecule has 0 bridgehead atoms. The number of anilines is 1. The molecule has 0 saturated carbocycles. The largest absolute Gasteiger partial charge is 0.355 e. The topological polar surface area (TPSA) is 41.9 Å². The third-order valence-corrected chi connectivity index (χ3v) is 7.41. The van der Waals surface area contributed by atoms with Crippen molar-refractivity contribution in [1.29, 1.82) is 0 Å². The van der Waals surface area contributed by atoms with Crippen molar-refractivity contribution < 1.29 is 8.78 Å². The van der Waals surface area contributed by atoms with Crippen LogP contribution >= 0.6 is 0 Å². The van der Waals surface area contributed by atoms with Gasteiger partial charge in [-0.3, -0.25) is 4.98 Å². The van der Waals surface area contributed by atoms with Crippen molar-refractivity contribution in [2.75, 3.05) is 18.0 Å². The molecule has 1 fully saturated rings. The number of pyridine rings is 1. The molecule has 184 valence electrons. The minimum Gasteiger partial charge on any atom is -0.355 e. The standard InChI is InChI=1S/C29H34F2N4/c1-6-20-23(30)9-8-19-11-16(3)12-21(25(19)20)27-26(31)28-22(13-32-27)29(34-24(7-2)33-28)35-14-17(4)10-18(5)15-35/h11-13,17-18H,6-10,14-15H2,1-5H3. The molecule has 0 radical (unpaired) electrons. The average Bonchev–Trinajstić information content (AvgIpc) is 2.83. The SMILES string of the molecule is CCC1=C(F)CCc2cc(C)cc(-c3ncc4c(N5CC(C)CC(C)C5)nc(CC)nc4c3F)c21. The predicted octanol–water partition coefficient (Wildman–Crippen LogP) is 7.22. The monoisotopic (exact) mass is 476 g/mol. The van der Waals surface area contributed by atoms with Crippen LogP contribution in [0.3, 0.4) is 0 Å². The number of halogens is 2. The Kier molecular flexibility index (Phi) is 6.32. The molecule has 1 aliphatic carbocycles. The van der Waals surface area contributed by atoms with E-state index in [0.717, 1.165) is 35.6 Å². The minimum atomic E-state index is -0.451. The Hall–Kier alpha value is -2.89. The Labute approximate surface area is 206 Å². The summed E-state index contributed by atoms with van der Waals surface area (Å²) < 4.78 is 31.2. The van der Waals surface area contributed by atoms with Gasteiger partial charge in [0.15, 0.2) is 5.82 Å². The lowest BCUT2D eigenvalue weighted by molar-refractivity contribution is 0.355. The number of piperidine rings is 1. The highest BCUT2D eigenvalue weighted by molar-refractivity contribution is 5.93. The molecular weight excluding hydrogens is 442 g/mol. The molecule has 1 saturated heterocycles. The van der Waals surface area contributed by atoms with Gasteiger partial charge in [-0.25, -0.2) is 18.7 Å². The maximum atomic E-state index is 16.3. The van der Waals surface area contributed by atoms with E-state index in [-0.39, 0.29) is 11.5 Å². The van der Waals surface area contributed by atoms with Gasteiger partial charge >= 0.3 is 0 Å². The number of aromatic nitrogens is 3. The number of rotatable bonds is 4. The zero-order chi connectivity index (χ0) is 24.9. The summed E-state index contributed by atoms with van der Waals surface area (Å²) in [5, 5.41) is 0.642. The first kappa shape index (κ1) is 23.8. The van der Waals surface area contributed by atoms with E-state index in [2.05, 4.69) is 34.8 Å². The fourth-order valence-electron chi connectivity index (χ4n) is 6.01. The molecule has 4 nitrogen and oxygen atoms in total. The van der Waals surface area contributed by atoms with E-state index >= 15 is 4.39 Å². The summed E-state index contributed by atoms with van der Waals surface area (Å²) in [5.41, 5.74) is 4.75. The second-order valence-electron chi connectivity index (χ2n) is 10.4. The van der Waals surface area contributed by atoms with E-state index in [9.17, 15) is 4.39 Å². The lowest BCUT2D eigenvalue weighted by Gasteiger charge is -2.36. The van der Waals surface area contributed by atoms with Crippen molar-refractivity contribution in [2.45, 2.75) is 66.7 Å². The van der Waals surface area contributed by atoms with Crippen LogP contribution < -0.4 is 4.90 Å². The smallest absolute Gasteiger partial charge is 0.175 e. The summed E-state index contributed by atoms with van der Waals surface area (Å²) in [6.45, 7) is 12.2. The molecule has 1 aromatic carbocycles. The highest BCUT2D eigenvalue weighted by atomic mass is 19.1. The molecule has 2 atom stereocenters. The van der Waals surface area contributed by atoms with E-state index in [4.69, 9.17) is 4.98 Å². The van der Waals surface area contributed by atoms with Crippen molar-refractivity contribution in [1.82, 2.24) is 15.0 Å². The molecule has 0 spiro atoms. The third kappa shape index (κ3) is 4.21. The van der Waals surface area contributed by atoms with Crippen LogP contribution in [0, 0.1) is 24.6 Å². The van der Waals surface area contributed by atoms with Crippen LogP contribution in [0.1, 0.15) is 69.5 Å². The van der Waals surface area contributed by atoms with Crippen LogP contribution in [0.15, 0.2) is 24.2 Å². The van der Waals surface area contributed by atoms with Gasteiger partial charge in [0.05, 0.1) is 5.39 Å². The molecule has 6 heteroatoms. The van der Waals surface area contributed by atoms with Crippen molar-refractivity contribution in [3.63, 3.8) is 0 Å². The van der Waals surface area contributed by atoms with Gasteiger partial charge in [-0.2, -0.15) is 0 Å². The van der Waals surface area contributed by atoms with Crippen LogP contribution in [-0.2, 0) is 12.8 Å². The van der Waals surface area contributed by atoms with Crippen molar-refractivity contribution in [2.24, 2.45) is 11.8 Å². The second kappa shape index (κ2) is 9.29. The normalized spacial score (nSPS) is 20.5. The number of aryl methyl sites for hydroxylation is 3. The average molecular weight is 477 g/mol. The minimum absolute atomic E-state index is 0.0995. The Bertz CT molecular complexity index is 1320. The highest BCUT2D eigenvalue weighted by Gasteiger charge is 2.28.